The topological polar surface area (TPSA) is 43.8 Å². The zero-order valence-corrected chi connectivity index (χ0v) is 8.96. The molecule has 1 atom stereocenters. The summed E-state index contributed by atoms with van der Waals surface area (Å²) in [5, 5.41) is 4.37. The monoisotopic (exact) mass is 181 g/mol. The summed E-state index contributed by atoms with van der Waals surface area (Å²) in [6.45, 7) is 7.09. The van der Waals surface area contributed by atoms with E-state index < -0.39 is 0 Å². The average molecular weight is 181 g/mol. The summed E-state index contributed by atoms with van der Waals surface area (Å²) in [5.74, 6) is 0.543. The molecule has 0 aliphatic rings. The SMILES string of the molecule is Cc1nn(C)c(C)c1CC(C)CN. The van der Waals surface area contributed by atoms with Crippen LogP contribution in [0.4, 0.5) is 0 Å². The summed E-state index contributed by atoms with van der Waals surface area (Å²) in [6, 6.07) is 0. The molecule has 0 aliphatic carbocycles. The Morgan fingerprint density at radius 1 is 1.46 bits per heavy atom. The maximum absolute atomic E-state index is 5.60. The molecular weight excluding hydrogens is 162 g/mol. The number of hydrogen-bond acceptors (Lipinski definition) is 2. The first-order valence-electron chi connectivity index (χ1n) is 4.75. The molecule has 0 aliphatic heterocycles. The minimum atomic E-state index is 0.543. The van der Waals surface area contributed by atoms with Gasteiger partial charge in [0.1, 0.15) is 0 Å². The van der Waals surface area contributed by atoms with Gasteiger partial charge < -0.3 is 5.73 Å². The summed E-state index contributed by atoms with van der Waals surface area (Å²) in [6.07, 6.45) is 1.04. The van der Waals surface area contributed by atoms with Crippen molar-refractivity contribution in [3.05, 3.63) is 17.0 Å². The maximum atomic E-state index is 5.60. The maximum Gasteiger partial charge on any atom is 0.0628 e. The third-order valence-electron chi connectivity index (χ3n) is 2.61. The average Bonchev–Trinajstić information content (AvgIpc) is 2.32. The lowest BCUT2D eigenvalue weighted by molar-refractivity contribution is 0.589. The second kappa shape index (κ2) is 3.92. The highest BCUT2D eigenvalue weighted by Gasteiger charge is 2.11. The van der Waals surface area contributed by atoms with E-state index in [1.54, 1.807) is 0 Å². The van der Waals surface area contributed by atoms with Crippen molar-refractivity contribution < 1.29 is 0 Å². The highest BCUT2D eigenvalue weighted by atomic mass is 15.3. The predicted octanol–water partition coefficient (Wildman–Crippen LogP) is 1.17. The molecular formula is C10H19N3. The van der Waals surface area contributed by atoms with Gasteiger partial charge in [-0.3, -0.25) is 4.68 Å². The van der Waals surface area contributed by atoms with Crippen molar-refractivity contribution in [1.82, 2.24) is 9.78 Å². The van der Waals surface area contributed by atoms with Crippen LogP contribution in [0, 0.1) is 19.8 Å². The molecule has 1 rings (SSSR count). The molecule has 13 heavy (non-hydrogen) atoms. The Morgan fingerprint density at radius 2 is 2.08 bits per heavy atom. The van der Waals surface area contributed by atoms with Gasteiger partial charge in [-0.2, -0.15) is 5.10 Å². The predicted molar refractivity (Wildman–Crippen MR) is 54.6 cm³/mol. The van der Waals surface area contributed by atoms with Crippen LogP contribution in [0.1, 0.15) is 23.9 Å². The number of aryl methyl sites for hydroxylation is 2. The summed E-state index contributed by atoms with van der Waals surface area (Å²) < 4.78 is 1.94. The molecule has 1 unspecified atom stereocenters. The van der Waals surface area contributed by atoms with E-state index in [-0.39, 0.29) is 0 Å². The van der Waals surface area contributed by atoms with Gasteiger partial charge >= 0.3 is 0 Å². The van der Waals surface area contributed by atoms with E-state index in [9.17, 15) is 0 Å². The Kier molecular flexibility index (Phi) is 3.09. The lowest BCUT2D eigenvalue weighted by atomic mass is 10.00. The quantitative estimate of drug-likeness (QED) is 0.761. The second-order valence-corrected chi connectivity index (χ2v) is 3.82. The van der Waals surface area contributed by atoms with Gasteiger partial charge in [-0.05, 0) is 38.3 Å². The molecule has 1 heterocycles. The molecule has 0 radical (unpaired) electrons. The van der Waals surface area contributed by atoms with Gasteiger partial charge in [-0.15, -0.1) is 0 Å². The van der Waals surface area contributed by atoms with E-state index in [0.29, 0.717) is 5.92 Å². The smallest absolute Gasteiger partial charge is 0.0628 e. The van der Waals surface area contributed by atoms with Gasteiger partial charge in [-0.1, -0.05) is 6.92 Å². The molecule has 0 saturated heterocycles. The van der Waals surface area contributed by atoms with Crippen LogP contribution >= 0.6 is 0 Å². The third-order valence-corrected chi connectivity index (χ3v) is 2.61. The summed E-state index contributed by atoms with van der Waals surface area (Å²) in [4.78, 5) is 0. The van der Waals surface area contributed by atoms with Gasteiger partial charge in [0.25, 0.3) is 0 Å². The van der Waals surface area contributed by atoms with E-state index in [0.717, 1.165) is 18.7 Å². The zero-order chi connectivity index (χ0) is 10.0. The summed E-state index contributed by atoms with van der Waals surface area (Å²) >= 11 is 0. The van der Waals surface area contributed by atoms with E-state index >= 15 is 0 Å². The van der Waals surface area contributed by atoms with Crippen LogP contribution in [0.2, 0.25) is 0 Å². The summed E-state index contributed by atoms with van der Waals surface area (Å²) in [7, 11) is 1.99. The zero-order valence-electron chi connectivity index (χ0n) is 8.96. The van der Waals surface area contributed by atoms with Crippen molar-refractivity contribution in [1.29, 1.82) is 0 Å². The van der Waals surface area contributed by atoms with Crippen LogP contribution < -0.4 is 5.73 Å². The number of hydrogen-bond donors (Lipinski definition) is 1. The van der Waals surface area contributed by atoms with Gasteiger partial charge in [0.15, 0.2) is 0 Å². The Balaban J connectivity index is 2.87. The van der Waals surface area contributed by atoms with Crippen LogP contribution in [0.25, 0.3) is 0 Å². The number of aromatic nitrogens is 2. The van der Waals surface area contributed by atoms with E-state index in [1.807, 2.05) is 11.7 Å². The van der Waals surface area contributed by atoms with E-state index in [4.69, 9.17) is 5.73 Å². The normalized spacial score (nSPS) is 13.3. The molecule has 1 aromatic rings. The van der Waals surface area contributed by atoms with Gasteiger partial charge in [-0.25, -0.2) is 0 Å². The third kappa shape index (κ3) is 2.10. The first kappa shape index (κ1) is 10.3. The van der Waals surface area contributed by atoms with Crippen LogP contribution in [0.3, 0.4) is 0 Å². The second-order valence-electron chi connectivity index (χ2n) is 3.82. The molecule has 1 aromatic heterocycles. The molecule has 2 N–H and O–H groups in total. The standard InChI is InChI=1S/C10H19N3/c1-7(6-11)5-10-8(2)12-13(4)9(10)3/h7H,5-6,11H2,1-4H3. The fourth-order valence-corrected chi connectivity index (χ4v) is 1.54. The van der Waals surface area contributed by atoms with E-state index in [1.165, 1.54) is 11.3 Å². The van der Waals surface area contributed by atoms with Gasteiger partial charge in [0.05, 0.1) is 5.69 Å². The number of rotatable bonds is 3. The molecule has 0 saturated carbocycles. The molecule has 0 aromatic carbocycles. The van der Waals surface area contributed by atoms with Crippen LogP contribution in [-0.2, 0) is 13.5 Å². The fraction of sp³-hybridized carbons (Fsp3) is 0.700. The van der Waals surface area contributed by atoms with Crippen molar-refractivity contribution in [3.63, 3.8) is 0 Å². The molecule has 0 bridgehead atoms. The Morgan fingerprint density at radius 3 is 2.46 bits per heavy atom. The Hall–Kier alpha value is -0.830. The highest BCUT2D eigenvalue weighted by molar-refractivity contribution is 5.24. The summed E-state index contributed by atoms with van der Waals surface area (Å²) in [5.41, 5.74) is 9.36. The number of nitrogens with zero attached hydrogens (tertiary/aromatic N) is 2. The van der Waals surface area contributed by atoms with Crippen LogP contribution in [0.5, 0.6) is 0 Å². The van der Waals surface area contributed by atoms with Crippen molar-refractivity contribution in [2.24, 2.45) is 18.7 Å². The largest absolute Gasteiger partial charge is 0.330 e. The molecule has 3 nitrogen and oxygen atoms in total. The number of nitrogens with two attached hydrogens (primary N) is 1. The van der Waals surface area contributed by atoms with Crippen molar-refractivity contribution in [2.45, 2.75) is 27.2 Å². The molecule has 0 amide bonds. The molecule has 74 valence electrons. The lowest BCUT2D eigenvalue weighted by Gasteiger charge is -2.08. The van der Waals surface area contributed by atoms with Gasteiger partial charge in [0, 0.05) is 12.7 Å². The minimum absolute atomic E-state index is 0.543. The molecule has 3 heteroatoms. The minimum Gasteiger partial charge on any atom is -0.330 e. The van der Waals surface area contributed by atoms with Crippen LogP contribution in [0.15, 0.2) is 0 Å². The molecule has 0 fully saturated rings. The first-order valence-corrected chi connectivity index (χ1v) is 4.75. The fourth-order valence-electron chi connectivity index (χ4n) is 1.54. The first-order chi connectivity index (χ1) is 6.06. The highest BCUT2D eigenvalue weighted by Crippen LogP contribution is 2.15. The Labute approximate surface area is 79.9 Å². The van der Waals surface area contributed by atoms with Crippen molar-refractivity contribution >= 4 is 0 Å². The van der Waals surface area contributed by atoms with Crippen molar-refractivity contribution in [3.8, 4) is 0 Å². The van der Waals surface area contributed by atoms with Crippen LogP contribution in [-0.4, -0.2) is 16.3 Å². The lowest BCUT2D eigenvalue weighted by Crippen LogP contribution is -2.13. The van der Waals surface area contributed by atoms with E-state index in [2.05, 4.69) is 25.9 Å². The Bertz CT molecular complexity index is 289. The van der Waals surface area contributed by atoms with Crippen molar-refractivity contribution in [2.75, 3.05) is 6.54 Å². The van der Waals surface area contributed by atoms with Gasteiger partial charge in [0.2, 0.25) is 0 Å². The molecule has 0 spiro atoms.